The van der Waals surface area contributed by atoms with Crippen molar-refractivity contribution in [1.29, 1.82) is 0 Å². The maximum absolute atomic E-state index is 15.2. The molecule has 0 aromatic heterocycles. The average Bonchev–Trinajstić information content (AvgIpc) is 3.62. The molecule has 5 aromatic carbocycles. The van der Waals surface area contributed by atoms with Gasteiger partial charge in [0.1, 0.15) is 11.5 Å². The first kappa shape index (κ1) is 30.7. The lowest BCUT2D eigenvalue weighted by molar-refractivity contribution is 0.304. The van der Waals surface area contributed by atoms with E-state index in [1.807, 2.05) is 146 Å². The van der Waals surface area contributed by atoms with E-state index in [0.29, 0.717) is 28.7 Å². The second kappa shape index (κ2) is 13.1. The van der Waals surface area contributed by atoms with Crippen molar-refractivity contribution in [3.63, 3.8) is 0 Å². The summed E-state index contributed by atoms with van der Waals surface area (Å²) < 4.78 is 48.6. The quantitative estimate of drug-likeness (QED) is 0.126. The lowest BCUT2D eigenvalue weighted by Gasteiger charge is -2.33. The third-order valence-electron chi connectivity index (χ3n) is 7.39. The van der Waals surface area contributed by atoms with E-state index in [4.69, 9.17) is 22.8 Å². The van der Waals surface area contributed by atoms with Crippen LogP contribution in [0.4, 0.5) is 0 Å². The minimum Gasteiger partial charge on any atom is -0.446 e. The minimum absolute atomic E-state index is 0.415. The molecule has 0 radical (unpaired) electrons. The molecule has 46 heavy (non-hydrogen) atoms. The van der Waals surface area contributed by atoms with Gasteiger partial charge in [-0.05, 0) is 72.4 Å². The van der Waals surface area contributed by atoms with Gasteiger partial charge >= 0.3 is 29.0 Å². The van der Waals surface area contributed by atoms with Gasteiger partial charge in [0, 0.05) is 0 Å². The molecule has 0 saturated carbocycles. The number of fused-ring (bicyclic) bond motifs is 1. The zero-order valence-electron chi connectivity index (χ0n) is 25.0. The highest BCUT2D eigenvalue weighted by atomic mass is 31.3. The van der Waals surface area contributed by atoms with Crippen molar-refractivity contribution in [2.45, 2.75) is 24.3 Å². The lowest BCUT2D eigenvalue weighted by atomic mass is 10.3. The molecule has 0 spiro atoms. The third-order valence-corrected chi connectivity index (χ3v) is 16.5. The number of rotatable bonds is 10. The summed E-state index contributed by atoms with van der Waals surface area (Å²) >= 11 is 0. The minimum atomic E-state index is -4.02. The van der Waals surface area contributed by atoms with Crippen LogP contribution in [0.25, 0.3) is 0 Å². The summed E-state index contributed by atoms with van der Waals surface area (Å²) in [5.41, 5.74) is 0. The van der Waals surface area contributed by atoms with Crippen LogP contribution in [0.15, 0.2) is 152 Å². The highest BCUT2D eigenvalue weighted by Crippen LogP contribution is 2.84. The Morgan fingerprint density at radius 3 is 1.46 bits per heavy atom. The van der Waals surface area contributed by atoms with Crippen molar-refractivity contribution in [3.8, 4) is 28.7 Å². The lowest BCUT2D eigenvalue weighted by Crippen LogP contribution is -2.44. The Labute approximate surface area is 269 Å². The van der Waals surface area contributed by atoms with E-state index in [1.54, 1.807) is 12.1 Å². The van der Waals surface area contributed by atoms with Crippen molar-refractivity contribution in [3.05, 3.63) is 152 Å². The van der Waals surface area contributed by atoms with Crippen LogP contribution in [0.3, 0.4) is 0 Å². The fourth-order valence-electron chi connectivity index (χ4n) is 5.18. The summed E-state index contributed by atoms with van der Waals surface area (Å²) in [4.78, 5) is 3.30. The van der Waals surface area contributed by atoms with Gasteiger partial charge in [0.2, 0.25) is 5.78 Å². The van der Waals surface area contributed by atoms with Crippen molar-refractivity contribution >= 4 is 23.2 Å². The van der Waals surface area contributed by atoms with Crippen molar-refractivity contribution in [1.82, 2.24) is 15.0 Å². The van der Waals surface area contributed by atoms with Crippen molar-refractivity contribution in [2.75, 3.05) is 0 Å². The van der Waals surface area contributed by atoms with Crippen molar-refractivity contribution in [2.24, 2.45) is 0 Å². The molecule has 3 N–H and O–H groups in total. The molecule has 2 aliphatic rings. The summed E-state index contributed by atoms with van der Waals surface area (Å²) in [6, 6.07) is 46.8. The van der Waals surface area contributed by atoms with E-state index in [2.05, 4.69) is 15.0 Å². The van der Waals surface area contributed by atoms with Gasteiger partial charge < -0.3 is 13.8 Å². The number of para-hydroxylation sites is 5. The highest BCUT2D eigenvalue weighted by Gasteiger charge is 2.87. The van der Waals surface area contributed by atoms with Gasteiger partial charge in [0.05, 0.1) is 0 Å². The van der Waals surface area contributed by atoms with E-state index in [0.717, 1.165) is 0 Å². The Kier molecular flexibility index (Phi) is 8.72. The second-order valence-corrected chi connectivity index (χ2v) is 18.4. The van der Waals surface area contributed by atoms with Crippen LogP contribution in [0, 0.1) is 0 Å². The predicted molar refractivity (Wildman–Crippen MR) is 183 cm³/mol. The normalized spacial score (nSPS) is 26.3. The summed E-state index contributed by atoms with van der Waals surface area (Å²) in [5.74, 6) is 1.24. The van der Waals surface area contributed by atoms with Gasteiger partial charge in [-0.3, -0.25) is 9.05 Å². The largest absolute Gasteiger partial charge is 0.465 e. The summed E-state index contributed by atoms with van der Waals surface area (Å²) in [5, 5.41) is 7.11. The van der Waals surface area contributed by atoms with E-state index < -0.39 is 40.6 Å². The molecule has 2 saturated heterocycles. The van der Waals surface area contributed by atoms with Crippen LogP contribution in [-0.2, 0) is 4.57 Å². The highest BCUT2D eigenvalue weighted by molar-refractivity contribution is 7.83. The van der Waals surface area contributed by atoms with Gasteiger partial charge in [0.15, 0.2) is 17.2 Å². The smallest absolute Gasteiger partial charge is 0.446 e. The van der Waals surface area contributed by atoms with Crippen LogP contribution in [-0.4, -0.2) is 17.4 Å². The van der Waals surface area contributed by atoms with Gasteiger partial charge in [-0.25, -0.2) is 4.57 Å². The zero-order valence-corrected chi connectivity index (χ0v) is 27.6. The molecule has 7 rings (SSSR count). The summed E-state index contributed by atoms with van der Waals surface area (Å²) in [7, 11) is -10.3. The molecule has 5 unspecified atom stereocenters. The number of hydrogen-bond acceptors (Lipinski definition) is 7. The fourth-order valence-corrected chi connectivity index (χ4v) is 15.6. The Morgan fingerprint density at radius 2 is 0.978 bits per heavy atom. The Balaban J connectivity index is 1.36. The number of benzene rings is 5. The van der Waals surface area contributed by atoms with E-state index in [9.17, 15) is 0 Å². The zero-order chi connectivity index (χ0) is 31.5. The molecule has 0 bridgehead atoms. The van der Waals surface area contributed by atoms with E-state index in [-0.39, 0.29) is 0 Å². The molecule has 9 nitrogen and oxygen atoms in total. The third kappa shape index (κ3) is 6.63. The van der Waals surface area contributed by atoms with Crippen LogP contribution in [0.2, 0.25) is 0 Å². The fraction of sp³-hybridized carbons (Fsp3) is 0.118. The van der Waals surface area contributed by atoms with Crippen LogP contribution < -0.4 is 37.9 Å². The first-order valence-electron chi connectivity index (χ1n) is 14.9. The van der Waals surface area contributed by atoms with E-state index in [1.165, 1.54) is 0 Å². The standard InChI is InChI=1S/C34H34N3O6P3/c1-27-35-44(40-29-19-9-3-10-20-29)33(34(44)39-28-17-7-2-8-18-28)36-46(38,43-32-25-15-6-16-26-32)37-45(27,41-30-21-11-4-12-22-30)42-31-23-13-5-14-24-31/h2-27,33-35H,1H3,(H2,36,37,38)/q+2. The number of ether oxygens (including phenoxy) is 1. The molecule has 2 fully saturated rings. The average molecular weight is 674 g/mol. The number of nitrogens with one attached hydrogen (secondary N) is 3. The van der Waals surface area contributed by atoms with Crippen LogP contribution in [0.5, 0.6) is 28.7 Å². The van der Waals surface area contributed by atoms with E-state index >= 15 is 4.57 Å². The SMILES string of the molecule is CC1N[P+]2(Oc3ccccc3)C(NP(=O)(Oc3ccccc3)N[P+]1(Oc1ccccc1)Oc1ccccc1)C2Oc1ccccc1. The first-order valence-corrected chi connectivity index (χ1v) is 20.0. The van der Waals surface area contributed by atoms with Crippen molar-refractivity contribution < 1.29 is 27.4 Å². The Bertz CT molecular complexity index is 1740. The number of hydrogen-bond donors (Lipinski definition) is 3. The first-order chi connectivity index (χ1) is 22.5. The molecular formula is C34H34N3O6P3+2. The predicted octanol–water partition coefficient (Wildman–Crippen LogP) is 8.89. The summed E-state index contributed by atoms with van der Waals surface area (Å²) in [6.45, 7) is 1.95. The maximum Gasteiger partial charge on any atom is 0.465 e. The van der Waals surface area contributed by atoms with Gasteiger partial charge in [-0.1, -0.05) is 91.0 Å². The molecule has 5 aromatic rings. The molecular weight excluding hydrogens is 639 g/mol. The maximum atomic E-state index is 15.2. The van der Waals surface area contributed by atoms with Crippen LogP contribution >= 0.6 is 23.2 Å². The molecule has 5 atom stereocenters. The van der Waals surface area contributed by atoms with Crippen LogP contribution in [0.1, 0.15) is 6.92 Å². The molecule has 2 heterocycles. The topological polar surface area (TPSA) is 99.3 Å². The molecule has 0 aliphatic carbocycles. The molecule has 234 valence electrons. The molecule has 12 heteroatoms. The second-order valence-electron chi connectivity index (χ2n) is 10.8. The van der Waals surface area contributed by atoms with Gasteiger partial charge in [-0.2, -0.15) is 5.09 Å². The Morgan fingerprint density at radius 1 is 0.565 bits per heavy atom. The molecule has 2 aliphatic heterocycles. The monoisotopic (exact) mass is 673 g/mol. The molecule has 0 amide bonds. The summed E-state index contributed by atoms with van der Waals surface area (Å²) in [6.07, 6.45) is 0. The Hall–Kier alpha value is -3.93. The van der Waals surface area contributed by atoms with Gasteiger partial charge in [0.25, 0.3) is 5.78 Å². The van der Waals surface area contributed by atoms with Gasteiger partial charge in [-0.15, -0.1) is 5.09 Å².